The van der Waals surface area contributed by atoms with Gasteiger partial charge in [0, 0.05) is 17.7 Å². The molecule has 5 amide bonds. The standard InChI is InChI=1S/C40H33FN10O11/c1-61-33-27(13-9-24(31(33)52)36(55)47-26-14-10-25(40(59)60)32(53)34(26)62-2)48-38(57)29-12-8-22(17-43-29)46-39(58)30(15-23-18-44-51-50-23)49-35(54)19-3-6-21(7-4-19)45-37(56)28-11-5-20(41)16-42-28/h3-14,16-18,30,52-53H,15H2,1-2H3,(H,45,56)(H,46,58)(H,47,55)(H,48,57)(H,49,54)(H,59,60)(H,44,50,51). The van der Waals surface area contributed by atoms with Gasteiger partial charge in [-0.2, -0.15) is 15.4 Å². The largest absolute Gasteiger partial charge is 0.504 e. The minimum absolute atomic E-state index is 0.0190. The van der Waals surface area contributed by atoms with Crippen molar-refractivity contribution < 1.29 is 58.0 Å². The molecular weight excluding hydrogens is 815 g/mol. The fourth-order valence-corrected chi connectivity index (χ4v) is 5.71. The van der Waals surface area contributed by atoms with Crippen molar-refractivity contribution in [1.29, 1.82) is 0 Å². The highest BCUT2D eigenvalue weighted by atomic mass is 19.1. The van der Waals surface area contributed by atoms with Crippen molar-refractivity contribution in [2.75, 3.05) is 35.5 Å². The SMILES string of the molecule is COc1c(NC(=O)c2ccc(NC(=O)c3ccc(NC(=O)C(Cc4cn[nH]n4)NC(=O)c4ccc(NC(=O)c5ccc(F)cn5)cc4)cn3)c(OC)c2O)ccc(C(=O)O)c1O. The van der Waals surface area contributed by atoms with E-state index in [9.17, 15) is 48.5 Å². The number of halogens is 1. The van der Waals surface area contributed by atoms with E-state index in [0.717, 1.165) is 25.4 Å². The summed E-state index contributed by atoms with van der Waals surface area (Å²) in [6.07, 6.45) is 3.39. The van der Waals surface area contributed by atoms with Crippen LogP contribution in [-0.4, -0.2) is 96.5 Å². The summed E-state index contributed by atoms with van der Waals surface area (Å²) >= 11 is 0. The molecular formula is C40H33FN10O11. The molecule has 1 atom stereocenters. The lowest BCUT2D eigenvalue weighted by Gasteiger charge is -2.18. The molecule has 0 saturated heterocycles. The number of phenols is 2. The number of nitrogens with one attached hydrogen (secondary N) is 6. The van der Waals surface area contributed by atoms with Gasteiger partial charge in [0.25, 0.3) is 23.6 Å². The Hall–Kier alpha value is -8.95. The number of aromatic amines is 1. The molecule has 0 radical (unpaired) electrons. The number of hydrogen-bond acceptors (Lipinski definition) is 14. The lowest BCUT2D eigenvalue weighted by Crippen LogP contribution is -2.45. The molecule has 62 heavy (non-hydrogen) atoms. The summed E-state index contributed by atoms with van der Waals surface area (Å²) in [6.45, 7) is 0. The van der Waals surface area contributed by atoms with Gasteiger partial charge in [0.15, 0.2) is 23.0 Å². The van der Waals surface area contributed by atoms with Gasteiger partial charge >= 0.3 is 5.97 Å². The Balaban J connectivity index is 1.09. The summed E-state index contributed by atoms with van der Waals surface area (Å²) in [4.78, 5) is 84.7. The van der Waals surface area contributed by atoms with E-state index in [-0.39, 0.29) is 57.5 Å². The first-order valence-corrected chi connectivity index (χ1v) is 17.9. The summed E-state index contributed by atoms with van der Waals surface area (Å²) in [5.74, 6) is -7.65. The van der Waals surface area contributed by atoms with E-state index in [1.165, 1.54) is 80.2 Å². The maximum absolute atomic E-state index is 13.5. The van der Waals surface area contributed by atoms with E-state index >= 15 is 0 Å². The van der Waals surface area contributed by atoms with Gasteiger partial charge in [0.05, 0.1) is 61.1 Å². The van der Waals surface area contributed by atoms with E-state index in [0.29, 0.717) is 11.4 Å². The first-order chi connectivity index (χ1) is 29.8. The number of rotatable bonds is 15. The number of carboxylic acids is 1. The van der Waals surface area contributed by atoms with Crippen molar-refractivity contribution in [3.63, 3.8) is 0 Å². The highest BCUT2D eigenvalue weighted by Crippen LogP contribution is 2.40. The van der Waals surface area contributed by atoms with E-state index in [1.54, 1.807) is 0 Å². The average Bonchev–Trinajstić information content (AvgIpc) is 3.77. The summed E-state index contributed by atoms with van der Waals surface area (Å²) in [6, 6.07) is 14.2. The Labute approximate surface area is 348 Å². The molecule has 0 aliphatic carbocycles. The van der Waals surface area contributed by atoms with Crippen LogP contribution in [0, 0.1) is 5.82 Å². The number of phenolic OH excluding ortho intramolecular Hbond substituents is 1. The van der Waals surface area contributed by atoms with Gasteiger partial charge in [0.2, 0.25) is 5.91 Å². The molecule has 0 aliphatic rings. The number of anilines is 4. The number of carboxylic acid groups (broad SMARTS) is 1. The third kappa shape index (κ3) is 9.83. The molecule has 0 aliphatic heterocycles. The second-order valence-electron chi connectivity index (χ2n) is 12.8. The summed E-state index contributed by atoms with van der Waals surface area (Å²) < 4.78 is 23.5. The maximum atomic E-state index is 13.5. The first-order valence-electron chi connectivity index (χ1n) is 17.9. The number of amides is 5. The lowest BCUT2D eigenvalue weighted by molar-refractivity contribution is -0.118. The number of H-pyrrole nitrogens is 1. The molecule has 9 N–H and O–H groups in total. The molecule has 3 heterocycles. The van der Waals surface area contributed by atoms with E-state index in [1.807, 2.05) is 0 Å². The monoisotopic (exact) mass is 848 g/mol. The fraction of sp³-hybridized carbons (Fsp3) is 0.100. The van der Waals surface area contributed by atoms with E-state index in [4.69, 9.17) is 9.47 Å². The van der Waals surface area contributed by atoms with E-state index in [2.05, 4.69) is 52.0 Å². The molecule has 0 fully saturated rings. The number of hydrogen-bond donors (Lipinski definition) is 9. The number of ether oxygens (including phenoxy) is 2. The molecule has 0 saturated carbocycles. The van der Waals surface area contributed by atoms with E-state index < -0.39 is 64.4 Å². The average molecular weight is 849 g/mol. The number of nitrogens with zero attached hydrogens (tertiary/aromatic N) is 4. The zero-order chi connectivity index (χ0) is 44.5. The zero-order valence-corrected chi connectivity index (χ0v) is 32.2. The normalized spacial score (nSPS) is 11.1. The second-order valence-corrected chi connectivity index (χ2v) is 12.8. The van der Waals surface area contributed by atoms with Crippen LogP contribution in [0.2, 0.25) is 0 Å². The van der Waals surface area contributed by atoms with Crippen LogP contribution in [-0.2, 0) is 11.2 Å². The number of benzene rings is 3. The Morgan fingerprint density at radius 2 is 1.24 bits per heavy atom. The molecule has 316 valence electrons. The molecule has 3 aromatic heterocycles. The lowest BCUT2D eigenvalue weighted by atomic mass is 10.1. The zero-order valence-electron chi connectivity index (χ0n) is 32.2. The van der Waals surface area contributed by atoms with Crippen molar-refractivity contribution >= 4 is 58.3 Å². The van der Waals surface area contributed by atoms with Crippen LogP contribution < -0.4 is 36.1 Å². The van der Waals surface area contributed by atoms with Crippen LogP contribution in [0.4, 0.5) is 27.1 Å². The van der Waals surface area contributed by atoms with Crippen molar-refractivity contribution in [3.05, 3.63) is 131 Å². The molecule has 6 rings (SSSR count). The second kappa shape index (κ2) is 18.8. The third-order valence-corrected chi connectivity index (χ3v) is 8.77. The highest BCUT2D eigenvalue weighted by Gasteiger charge is 2.26. The van der Waals surface area contributed by atoms with Crippen LogP contribution in [0.1, 0.15) is 57.7 Å². The van der Waals surface area contributed by atoms with Crippen LogP contribution in [0.25, 0.3) is 0 Å². The Kier molecular flexibility index (Phi) is 12.9. The third-order valence-electron chi connectivity index (χ3n) is 8.77. The minimum Gasteiger partial charge on any atom is -0.504 e. The Morgan fingerprint density at radius 3 is 1.81 bits per heavy atom. The topological polar surface area (TPSA) is 309 Å². The number of carbonyl (C=O) groups is 6. The van der Waals surface area contributed by atoms with Gasteiger partial charge < -0.3 is 51.4 Å². The Bertz CT molecular complexity index is 2660. The number of carbonyl (C=O) groups excluding carboxylic acids is 5. The van der Waals surface area contributed by atoms with Gasteiger partial charge in [-0.25, -0.2) is 19.2 Å². The number of aromatic carboxylic acids is 1. The number of pyridine rings is 2. The molecule has 1 unspecified atom stereocenters. The predicted molar refractivity (Wildman–Crippen MR) is 215 cm³/mol. The molecule has 0 bridgehead atoms. The van der Waals surface area contributed by atoms with Crippen molar-refractivity contribution in [2.24, 2.45) is 0 Å². The number of methoxy groups -OCH3 is 2. The van der Waals surface area contributed by atoms with Gasteiger partial charge in [-0.1, -0.05) is 0 Å². The predicted octanol–water partition coefficient (Wildman–Crippen LogP) is 3.60. The number of aromatic nitrogens is 5. The van der Waals surface area contributed by atoms with Gasteiger partial charge in [-0.3, -0.25) is 24.0 Å². The van der Waals surface area contributed by atoms with Crippen LogP contribution >= 0.6 is 0 Å². The van der Waals surface area contributed by atoms with Crippen molar-refractivity contribution in [3.8, 4) is 23.0 Å². The van der Waals surface area contributed by atoms with Crippen LogP contribution in [0.3, 0.4) is 0 Å². The molecule has 21 nitrogen and oxygen atoms in total. The molecule has 0 spiro atoms. The fourth-order valence-electron chi connectivity index (χ4n) is 5.71. The molecule has 22 heteroatoms. The smallest absolute Gasteiger partial charge is 0.339 e. The minimum atomic E-state index is -1.43. The summed E-state index contributed by atoms with van der Waals surface area (Å²) in [7, 11) is 2.33. The van der Waals surface area contributed by atoms with Gasteiger partial charge in [-0.15, -0.1) is 0 Å². The maximum Gasteiger partial charge on any atom is 0.339 e. The van der Waals surface area contributed by atoms with Gasteiger partial charge in [0.1, 0.15) is 28.8 Å². The number of aromatic hydroxyl groups is 2. The molecule has 3 aromatic carbocycles. The molecule has 6 aromatic rings. The van der Waals surface area contributed by atoms with Crippen LogP contribution in [0.15, 0.2) is 91.4 Å². The van der Waals surface area contributed by atoms with Crippen molar-refractivity contribution in [2.45, 2.75) is 12.5 Å². The van der Waals surface area contributed by atoms with Crippen LogP contribution in [0.5, 0.6) is 23.0 Å². The Morgan fingerprint density at radius 1 is 0.661 bits per heavy atom. The van der Waals surface area contributed by atoms with Gasteiger partial charge in [-0.05, 0) is 72.8 Å². The quantitative estimate of drug-likeness (QED) is 0.0713. The highest BCUT2D eigenvalue weighted by molar-refractivity contribution is 6.10. The first kappa shape index (κ1) is 42.7. The summed E-state index contributed by atoms with van der Waals surface area (Å²) in [5.41, 5.74) is -0.133. The van der Waals surface area contributed by atoms with Crippen molar-refractivity contribution in [1.82, 2.24) is 30.7 Å². The summed E-state index contributed by atoms with van der Waals surface area (Å²) in [5, 5.41) is 53.4.